The van der Waals surface area contributed by atoms with E-state index < -0.39 is 0 Å². The lowest BCUT2D eigenvalue weighted by atomic mass is 9.84. The predicted octanol–water partition coefficient (Wildman–Crippen LogP) is 4.07. The normalized spacial score (nSPS) is 20.5. The minimum absolute atomic E-state index is 0.0619. The van der Waals surface area contributed by atoms with E-state index in [0.717, 1.165) is 32.1 Å². The molecule has 1 aliphatic rings. The SMILES string of the molecule is CCCCCCCC(=O)CC1CCCCC1=O. The molecule has 0 aromatic heterocycles. The highest BCUT2D eigenvalue weighted by Gasteiger charge is 2.24. The number of carbonyl (C=O) groups is 2. The topological polar surface area (TPSA) is 34.1 Å². The Bertz CT molecular complexity index is 245. The second-order valence-corrected chi connectivity index (χ2v) is 5.32. The molecular weight excluding hydrogens is 212 g/mol. The van der Waals surface area contributed by atoms with E-state index in [1.807, 2.05) is 0 Å². The molecule has 0 bridgehead atoms. The summed E-state index contributed by atoms with van der Waals surface area (Å²) in [6.07, 6.45) is 10.9. The van der Waals surface area contributed by atoms with Crippen LogP contribution in [-0.4, -0.2) is 11.6 Å². The zero-order valence-corrected chi connectivity index (χ0v) is 11.2. The summed E-state index contributed by atoms with van der Waals surface area (Å²) in [5.74, 6) is 0.698. The van der Waals surface area contributed by atoms with Gasteiger partial charge >= 0.3 is 0 Å². The molecule has 2 heteroatoms. The van der Waals surface area contributed by atoms with Gasteiger partial charge in [-0.3, -0.25) is 9.59 Å². The van der Waals surface area contributed by atoms with Gasteiger partial charge in [-0.1, -0.05) is 39.0 Å². The Morgan fingerprint density at radius 2 is 1.94 bits per heavy atom. The molecule has 0 saturated heterocycles. The van der Waals surface area contributed by atoms with Gasteiger partial charge in [-0.05, 0) is 19.3 Å². The lowest BCUT2D eigenvalue weighted by Gasteiger charge is -2.19. The van der Waals surface area contributed by atoms with Gasteiger partial charge in [-0.25, -0.2) is 0 Å². The van der Waals surface area contributed by atoms with Crippen LogP contribution in [0.4, 0.5) is 0 Å². The Balaban J connectivity index is 2.09. The molecule has 0 N–H and O–H groups in total. The van der Waals surface area contributed by atoms with Crippen LogP contribution in [0.25, 0.3) is 0 Å². The summed E-state index contributed by atoms with van der Waals surface area (Å²) < 4.78 is 0. The molecule has 1 rings (SSSR count). The number of carbonyl (C=O) groups excluding carboxylic acids is 2. The van der Waals surface area contributed by atoms with E-state index in [1.165, 1.54) is 19.3 Å². The first kappa shape index (κ1) is 14.4. The van der Waals surface area contributed by atoms with Crippen LogP contribution in [0.3, 0.4) is 0 Å². The van der Waals surface area contributed by atoms with Gasteiger partial charge in [0.05, 0.1) is 0 Å². The molecule has 0 radical (unpaired) electrons. The summed E-state index contributed by atoms with van der Waals surface area (Å²) in [4.78, 5) is 23.3. The molecule has 2 nitrogen and oxygen atoms in total. The third kappa shape index (κ3) is 5.99. The summed E-state index contributed by atoms with van der Waals surface area (Å²) >= 11 is 0. The highest BCUT2D eigenvalue weighted by molar-refractivity contribution is 5.88. The average Bonchev–Trinajstić information content (AvgIpc) is 2.32. The molecule has 17 heavy (non-hydrogen) atoms. The van der Waals surface area contributed by atoms with Gasteiger partial charge in [0.2, 0.25) is 0 Å². The first-order valence-corrected chi connectivity index (χ1v) is 7.28. The summed E-state index contributed by atoms with van der Waals surface area (Å²) in [7, 11) is 0. The quantitative estimate of drug-likeness (QED) is 0.597. The van der Waals surface area contributed by atoms with Gasteiger partial charge in [0.15, 0.2) is 0 Å². The van der Waals surface area contributed by atoms with Crippen LogP contribution < -0.4 is 0 Å². The number of hydrogen-bond donors (Lipinski definition) is 0. The first-order valence-electron chi connectivity index (χ1n) is 7.28. The number of Topliss-reactive ketones (excluding diaryl/α,β-unsaturated/α-hetero) is 2. The van der Waals surface area contributed by atoms with Crippen molar-refractivity contribution in [3.63, 3.8) is 0 Å². The van der Waals surface area contributed by atoms with Gasteiger partial charge in [0.1, 0.15) is 11.6 Å². The second kappa shape index (κ2) is 8.43. The molecule has 1 aliphatic carbocycles. The van der Waals surface area contributed by atoms with Crippen LogP contribution in [0, 0.1) is 5.92 Å². The number of rotatable bonds is 8. The highest BCUT2D eigenvalue weighted by Crippen LogP contribution is 2.24. The van der Waals surface area contributed by atoms with Crippen molar-refractivity contribution in [3.05, 3.63) is 0 Å². The van der Waals surface area contributed by atoms with Crippen molar-refractivity contribution in [2.24, 2.45) is 5.92 Å². The third-order valence-corrected chi connectivity index (χ3v) is 3.71. The van der Waals surface area contributed by atoms with E-state index in [-0.39, 0.29) is 5.92 Å². The number of hydrogen-bond acceptors (Lipinski definition) is 2. The van der Waals surface area contributed by atoms with Crippen molar-refractivity contribution in [2.75, 3.05) is 0 Å². The minimum atomic E-state index is 0.0619. The van der Waals surface area contributed by atoms with Crippen molar-refractivity contribution in [3.8, 4) is 0 Å². The maximum atomic E-state index is 11.7. The van der Waals surface area contributed by atoms with Gasteiger partial charge in [-0.15, -0.1) is 0 Å². The smallest absolute Gasteiger partial charge is 0.136 e. The van der Waals surface area contributed by atoms with Gasteiger partial charge < -0.3 is 0 Å². The van der Waals surface area contributed by atoms with Gasteiger partial charge in [-0.2, -0.15) is 0 Å². The third-order valence-electron chi connectivity index (χ3n) is 3.71. The summed E-state index contributed by atoms with van der Waals surface area (Å²) in [6, 6.07) is 0. The molecule has 0 amide bonds. The van der Waals surface area contributed by atoms with Crippen LogP contribution in [0.1, 0.15) is 77.6 Å². The van der Waals surface area contributed by atoms with E-state index in [4.69, 9.17) is 0 Å². The maximum absolute atomic E-state index is 11.7. The molecule has 0 aliphatic heterocycles. The monoisotopic (exact) mass is 238 g/mol. The molecule has 0 aromatic rings. The molecule has 1 fully saturated rings. The maximum Gasteiger partial charge on any atom is 0.136 e. The van der Waals surface area contributed by atoms with Crippen LogP contribution in [-0.2, 0) is 9.59 Å². The fourth-order valence-electron chi connectivity index (χ4n) is 2.57. The summed E-state index contributed by atoms with van der Waals surface area (Å²) in [5, 5.41) is 0. The molecule has 0 heterocycles. The van der Waals surface area contributed by atoms with Crippen LogP contribution in [0.5, 0.6) is 0 Å². The fourth-order valence-corrected chi connectivity index (χ4v) is 2.57. The van der Waals surface area contributed by atoms with Crippen molar-refractivity contribution in [1.82, 2.24) is 0 Å². The molecule has 1 saturated carbocycles. The Morgan fingerprint density at radius 1 is 1.18 bits per heavy atom. The van der Waals surface area contributed by atoms with E-state index in [0.29, 0.717) is 30.8 Å². The van der Waals surface area contributed by atoms with Crippen molar-refractivity contribution in [2.45, 2.75) is 77.6 Å². The van der Waals surface area contributed by atoms with E-state index in [9.17, 15) is 9.59 Å². The predicted molar refractivity (Wildman–Crippen MR) is 70.0 cm³/mol. The zero-order chi connectivity index (χ0) is 12.5. The lowest BCUT2D eigenvalue weighted by molar-refractivity contribution is -0.129. The second-order valence-electron chi connectivity index (χ2n) is 5.32. The van der Waals surface area contributed by atoms with E-state index in [2.05, 4.69) is 6.92 Å². The van der Waals surface area contributed by atoms with E-state index >= 15 is 0 Å². The standard InChI is InChI=1S/C15H26O2/c1-2-3-4-5-6-10-14(16)12-13-9-7-8-11-15(13)17/h13H,2-12H2,1H3. The van der Waals surface area contributed by atoms with Crippen LogP contribution in [0.15, 0.2) is 0 Å². The number of ketones is 2. The van der Waals surface area contributed by atoms with Crippen LogP contribution >= 0.6 is 0 Å². The minimum Gasteiger partial charge on any atom is -0.300 e. The van der Waals surface area contributed by atoms with Crippen molar-refractivity contribution >= 4 is 11.6 Å². The fraction of sp³-hybridized carbons (Fsp3) is 0.867. The Hall–Kier alpha value is -0.660. The zero-order valence-electron chi connectivity index (χ0n) is 11.2. The Labute approximate surface area is 105 Å². The largest absolute Gasteiger partial charge is 0.300 e. The molecule has 0 aromatic carbocycles. The highest BCUT2D eigenvalue weighted by atomic mass is 16.1. The molecule has 0 spiro atoms. The Morgan fingerprint density at radius 3 is 2.65 bits per heavy atom. The molecule has 1 atom stereocenters. The Kier molecular flexibility index (Phi) is 7.14. The molecular formula is C15H26O2. The average molecular weight is 238 g/mol. The summed E-state index contributed by atoms with van der Waals surface area (Å²) in [5.41, 5.74) is 0. The molecule has 1 unspecified atom stereocenters. The van der Waals surface area contributed by atoms with Gasteiger partial charge in [0, 0.05) is 25.2 Å². The molecule has 98 valence electrons. The van der Waals surface area contributed by atoms with Crippen molar-refractivity contribution in [1.29, 1.82) is 0 Å². The van der Waals surface area contributed by atoms with E-state index in [1.54, 1.807) is 0 Å². The van der Waals surface area contributed by atoms with Crippen LogP contribution in [0.2, 0.25) is 0 Å². The first-order chi connectivity index (χ1) is 8.24. The van der Waals surface area contributed by atoms with Crippen molar-refractivity contribution < 1.29 is 9.59 Å². The number of unbranched alkanes of at least 4 members (excludes halogenated alkanes) is 4. The van der Waals surface area contributed by atoms with Gasteiger partial charge in [0.25, 0.3) is 0 Å². The summed E-state index contributed by atoms with van der Waals surface area (Å²) in [6.45, 7) is 2.19. The lowest BCUT2D eigenvalue weighted by Crippen LogP contribution is -2.21.